The number of aromatic nitrogens is 3. The minimum absolute atomic E-state index is 0.988. The summed E-state index contributed by atoms with van der Waals surface area (Å²) in [7, 11) is 2.07. The van der Waals surface area contributed by atoms with Gasteiger partial charge in [-0.05, 0) is 53.9 Å². The van der Waals surface area contributed by atoms with Crippen LogP contribution < -0.4 is 0 Å². The molecule has 0 fully saturated rings. The van der Waals surface area contributed by atoms with E-state index < -0.39 is 0 Å². The van der Waals surface area contributed by atoms with E-state index in [1.54, 1.807) is 0 Å². The molecule has 2 aromatic carbocycles. The molecular weight excluding hydrogens is 282 g/mol. The Balaban J connectivity index is 1.87. The number of nitrogens with zero attached hydrogens (tertiary/aromatic N) is 3. The third kappa shape index (κ3) is 2.40. The molecule has 0 N–H and O–H groups in total. The van der Waals surface area contributed by atoms with Crippen LogP contribution in [0.15, 0.2) is 67.0 Å². The molecule has 0 aliphatic rings. The smallest absolute Gasteiger partial charge is 0.140 e. The first kappa shape index (κ1) is 13.7. The van der Waals surface area contributed by atoms with E-state index in [1.165, 1.54) is 11.1 Å². The van der Waals surface area contributed by atoms with Gasteiger partial charge in [-0.25, -0.2) is 4.98 Å². The molecule has 3 nitrogen and oxygen atoms in total. The third-order valence-electron chi connectivity index (χ3n) is 4.17. The second-order valence-corrected chi connectivity index (χ2v) is 5.80. The summed E-state index contributed by atoms with van der Waals surface area (Å²) in [5, 5.41) is 0. The number of fused-ring (bicyclic) bond motifs is 1. The lowest BCUT2D eigenvalue weighted by atomic mass is 10.0. The summed E-state index contributed by atoms with van der Waals surface area (Å²) in [4.78, 5) is 8.91. The zero-order valence-electron chi connectivity index (χ0n) is 13.2. The number of aryl methyl sites for hydroxylation is 2. The molecule has 0 aliphatic heterocycles. The van der Waals surface area contributed by atoms with Gasteiger partial charge < -0.3 is 4.57 Å². The van der Waals surface area contributed by atoms with Crippen LogP contribution in [0.4, 0.5) is 0 Å². The number of hydrogen-bond acceptors (Lipinski definition) is 2. The lowest BCUT2D eigenvalue weighted by Gasteiger charge is -2.06. The van der Waals surface area contributed by atoms with Crippen LogP contribution >= 0.6 is 0 Å². The van der Waals surface area contributed by atoms with Crippen molar-refractivity contribution in [3.05, 3.63) is 72.6 Å². The van der Waals surface area contributed by atoms with Crippen LogP contribution in [-0.2, 0) is 7.05 Å². The quantitative estimate of drug-likeness (QED) is 0.541. The van der Waals surface area contributed by atoms with Crippen LogP contribution in [-0.4, -0.2) is 14.5 Å². The van der Waals surface area contributed by atoms with Crippen molar-refractivity contribution in [2.24, 2.45) is 7.05 Å². The maximum Gasteiger partial charge on any atom is 0.140 e. The van der Waals surface area contributed by atoms with E-state index in [-0.39, 0.29) is 0 Å². The highest BCUT2D eigenvalue weighted by molar-refractivity contribution is 5.82. The summed E-state index contributed by atoms with van der Waals surface area (Å²) >= 11 is 0. The number of pyridine rings is 1. The van der Waals surface area contributed by atoms with Gasteiger partial charge in [0.15, 0.2) is 0 Å². The summed E-state index contributed by atoms with van der Waals surface area (Å²) in [6, 6.07) is 18.9. The van der Waals surface area contributed by atoms with E-state index >= 15 is 0 Å². The predicted molar refractivity (Wildman–Crippen MR) is 94.1 cm³/mol. The normalized spacial score (nSPS) is 11.0. The number of rotatable bonds is 2. The van der Waals surface area contributed by atoms with Gasteiger partial charge in [0.1, 0.15) is 5.82 Å². The van der Waals surface area contributed by atoms with Crippen molar-refractivity contribution in [3.63, 3.8) is 0 Å². The van der Waals surface area contributed by atoms with E-state index in [4.69, 9.17) is 4.98 Å². The van der Waals surface area contributed by atoms with Gasteiger partial charge in [-0.15, -0.1) is 0 Å². The SMILES string of the molecule is Cc1ccc2c(c1)nc(-c1cccc(-c3ccncc3)c1)n2C. The molecule has 0 spiro atoms. The van der Waals surface area contributed by atoms with Gasteiger partial charge in [-0.1, -0.05) is 24.3 Å². The van der Waals surface area contributed by atoms with Crippen molar-refractivity contribution in [2.45, 2.75) is 6.92 Å². The highest BCUT2D eigenvalue weighted by Gasteiger charge is 2.10. The highest BCUT2D eigenvalue weighted by Crippen LogP contribution is 2.28. The van der Waals surface area contributed by atoms with Crippen molar-refractivity contribution >= 4 is 11.0 Å². The van der Waals surface area contributed by atoms with E-state index in [2.05, 4.69) is 66.0 Å². The Morgan fingerprint density at radius 1 is 0.826 bits per heavy atom. The molecule has 0 radical (unpaired) electrons. The Morgan fingerprint density at radius 3 is 2.43 bits per heavy atom. The van der Waals surface area contributed by atoms with Crippen LogP contribution in [0.25, 0.3) is 33.5 Å². The van der Waals surface area contributed by atoms with E-state index in [9.17, 15) is 0 Å². The van der Waals surface area contributed by atoms with Gasteiger partial charge in [0.2, 0.25) is 0 Å². The van der Waals surface area contributed by atoms with Crippen LogP contribution in [0.5, 0.6) is 0 Å². The van der Waals surface area contributed by atoms with Crippen LogP contribution in [0.1, 0.15) is 5.56 Å². The average molecular weight is 299 g/mol. The van der Waals surface area contributed by atoms with Crippen molar-refractivity contribution in [1.82, 2.24) is 14.5 Å². The zero-order chi connectivity index (χ0) is 15.8. The Bertz CT molecular complexity index is 984. The first-order valence-corrected chi connectivity index (χ1v) is 7.66. The Morgan fingerprint density at radius 2 is 1.61 bits per heavy atom. The standard InChI is InChI=1S/C20H17N3/c1-14-6-7-19-18(12-14)22-20(23(19)2)17-5-3-4-16(13-17)15-8-10-21-11-9-15/h3-13H,1-2H3. The minimum atomic E-state index is 0.988. The second-order valence-electron chi connectivity index (χ2n) is 5.80. The van der Waals surface area contributed by atoms with Crippen LogP contribution in [0.2, 0.25) is 0 Å². The lowest BCUT2D eigenvalue weighted by molar-refractivity contribution is 0.959. The summed E-state index contributed by atoms with van der Waals surface area (Å²) in [6.07, 6.45) is 3.64. The largest absolute Gasteiger partial charge is 0.327 e. The first-order valence-electron chi connectivity index (χ1n) is 7.66. The number of benzene rings is 2. The number of imidazole rings is 1. The molecule has 0 unspecified atom stereocenters. The molecule has 4 rings (SSSR count). The van der Waals surface area contributed by atoms with E-state index in [0.29, 0.717) is 0 Å². The maximum absolute atomic E-state index is 4.83. The molecule has 112 valence electrons. The molecule has 23 heavy (non-hydrogen) atoms. The predicted octanol–water partition coefficient (Wildman–Crippen LogP) is 4.61. The second kappa shape index (κ2) is 5.36. The molecule has 4 aromatic rings. The highest BCUT2D eigenvalue weighted by atomic mass is 15.1. The Labute approximate surface area is 135 Å². The van der Waals surface area contributed by atoms with Gasteiger partial charge in [0.05, 0.1) is 11.0 Å². The summed E-state index contributed by atoms with van der Waals surface area (Å²) in [5.74, 6) is 0.988. The van der Waals surface area contributed by atoms with E-state index in [1.807, 2.05) is 24.5 Å². The number of hydrogen-bond donors (Lipinski definition) is 0. The molecule has 2 aromatic heterocycles. The van der Waals surface area contributed by atoms with Crippen molar-refractivity contribution in [3.8, 4) is 22.5 Å². The van der Waals surface area contributed by atoms with E-state index in [0.717, 1.165) is 28.0 Å². The van der Waals surface area contributed by atoms with Gasteiger partial charge in [-0.3, -0.25) is 4.98 Å². The Kier molecular flexibility index (Phi) is 3.19. The van der Waals surface area contributed by atoms with Crippen molar-refractivity contribution in [2.75, 3.05) is 0 Å². The topological polar surface area (TPSA) is 30.7 Å². The first-order chi connectivity index (χ1) is 11.2. The van der Waals surface area contributed by atoms with Crippen molar-refractivity contribution < 1.29 is 0 Å². The average Bonchev–Trinajstić information content (AvgIpc) is 2.92. The monoisotopic (exact) mass is 299 g/mol. The summed E-state index contributed by atoms with van der Waals surface area (Å²) < 4.78 is 2.15. The van der Waals surface area contributed by atoms with Crippen molar-refractivity contribution in [1.29, 1.82) is 0 Å². The summed E-state index contributed by atoms with van der Waals surface area (Å²) in [6.45, 7) is 2.10. The molecule has 0 bridgehead atoms. The van der Waals surface area contributed by atoms with Crippen LogP contribution in [0.3, 0.4) is 0 Å². The molecule has 0 atom stereocenters. The fraction of sp³-hybridized carbons (Fsp3) is 0.100. The van der Waals surface area contributed by atoms with Gasteiger partial charge in [0.25, 0.3) is 0 Å². The molecule has 0 saturated heterocycles. The molecule has 0 saturated carbocycles. The summed E-state index contributed by atoms with van der Waals surface area (Å²) in [5.41, 5.74) is 6.88. The molecular formula is C20H17N3. The minimum Gasteiger partial charge on any atom is -0.327 e. The Hall–Kier alpha value is -2.94. The fourth-order valence-electron chi connectivity index (χ4n) is 2.95. The zero-order valence-corrected chi connectivity index (χ0v) is 13.2. The van der Waals surface area contributed by atoms with Gasteiger partial charge in [-0.2, -0.15) is 0 Å². The lowest BCUT2D eigenvalue weighted by Crippen LogP contribution is -1.92. The maximum atomic E-state index is 4.83. The van der Waals surface area contributed by atoms with Gasteiger partial charge in [0, 0.05) is 25.0 Å². The molecule has 3 heteroatoms. The molecule has 0 aliphatic carbocycles. The van der Waals surface area contributed by atoms with Gasteiger partial charge >= 0.3 is 0 Å². The third-order valence-corrected chi connectivity index (χ3v) is 4.17. The molecule has 0 amide bonds. The van der Waals surface area contributed by atoms with Crippen LogP contribution in [0, 0.1) is 6.92 Å². The molecule has 2 heterocycles. The fourth-order valence-corrected chi connectivity index (χ4v) is 2.95.